The fourth-order valence-electron chi connectivity index (χ4n) is 3.58. The molecular weight excluding hydrogens is 389 g/mol. The third-order valence-corrected chi connectivity index (χ3v) is 5.17. The Labute approximate surface area is 173 Å². The summed E-state index contributed by atoms with van der Waals surface area (Å²) in [6.07, 6.45) is 1.27. The first kappa shape index (κ1) is 20.1. The number of carbonyl (C=O) groups is 1. The number of amides is 1. The van der Waals surface area contributed by atoms with Crippen LogP contribution < -0.4 is 4.74 Å². The molecule has 0 saturated carbocycles. The van der Waals surface area contributed by atoms with E-state index in [4.69, 9.17) is 9.26 Å². The smallest absolute Gasteiger partial charge is 0.244 e. The highest BCUT2D eigenvalue weighted by Crippen LogP contribution is 2.26. The van der Waals surface area contributed by atoms with E-state index in [1.807, 2.05) is 24.8 Å². The van der Waals surface area contributed by atoms with Crippen molar-refractivity contribution in [1.29, 1.82) is 0 Å². The van der Waals surface area contributed by atoms with Crippen LogP contribution in [0.3, 0.4) is 0 Å². The van der Waals surface area contributed by atoms with E-state index in [1.165, 1.54) is 12.1 Å². The van der Waals surface area contributed by atoms with Gasteiger partial charge in [-0.2, -0.15) is 10.1 Å². The van der Waals surface area contributed by atoms with Gasteiger partial charge in [0, 0.05) is 25.2 Å². The molecule has 1 aromatic carbocycles. The lowest BCUT2D eigenvalue weighted by molar-refractivity contribution is -0.131. The minimum absolute atomic E-state index is 0.0358. The summed E-state index contributed by atoms with van der Waals surface area (Å²) in [5.41, 5.74) is 1.88. The molecule has 1 fully saturated rings. The number of carbonyl (C=O) groups excluding carboxylic acids is 1. The molecule has 0 aliphatic carbocycles. The number of ether oxygens (including phenoxy) is 1. The molecule has 1 atom stereocenters. The number of likely N-dealkylation sites (tertiary alicyclic amines) is 1. The van der Waals surface area contributed by atoms with Crippen molar-refractivity contribution >= 4 is 5.91 Å². The summed E-state index contributed by atoms with van der Waals surface area (Å²) < 4.78 is 25.6. The van der Waals surface area contributed by atoms with E-state index in [1.54, 1.807) is 16.8 Å². The summed E-state index contributed by atoms with van der Waals surface area (Å²) >= 11 is 0. The Balaban J connectivity index is 1.27. The van der Waals surface area contributed by atoms with Gasteiger partial charge in [-0.3, -0.25) is 9.48 Å². The molecule has 3 heterocycles. The Kier molecular flexibility index (Phi) is 5.78. The average Bonchev–Trinajstić information content (AvgIpc) is 3.44. The molecule has 158 valence electrons. The van der Waals surface area contributed by atoms with E-state index in [2.05, 4.69) is 15.2 Å². The van der Waals surface area contributed by atoms with Crippen LogP contribution in [-0.2, 0) is 17.8 Å². The van der Waals surface area contributed by atoms with Crippen LogP contribution in [0.5, 0.6) is 5.75 Å². The fourth-order valence-corrected chi connectivity index (χ4v) is 3.58. The Morgan fingerprint density at radius 2 is 2.10 bits per heavy atom. The normalized spacial score (nSPS) is 16.2. The van der Waals surface area contributed by atoms with Crippen LogP contribution in [-0.4, -0.2) is 50.4 Å². The molecule has 0 bridgehead atoms. The van der Waals surface area contributed by atoms with E-state index in [0.29, 0.717) is 43.6 Å². The fraction of sp³-hybridized carbons (Fsp3) is 0.429. The van der Waals surface area contributed by atoms with Gasteiger partial charge in [-0.05, 0) is 50.6 Å². The van der Waals surface area contributed by atoms with Crippen LogP contribution in [0.2, 0.25) is 0 Å². The van der Waals surface area contributed by atoms with Gasteiger partial charge in [0.25, 0.3) is 0 Å². The number of hydrogen-bond donors (Lipinski definition) is 0. The third kappa shape index (κ3) is 4.67. The van der Waals surface area contributed by atoms with E-state index in [9.17, 15) is 9.18 Å². The molecule has 0 N–H and O–H groups in total. The van der Waals surface area contributed by atoms with Crippen LogP contribution in [0.25, 0.3) is 0 Å². The maximum absolute atomic E-state index is 12.9. The molecular formula is C21H24FN5O3. The van der Waals surface area contributed by atoms with Crippen molar-refractivity contribution < 1.29 is 18.4 Å². The van der Waals surface area contributed by atoms with Crippen molar-refractivity contribution in [3.8, 4) is 5.75 Å². The maximum Gasteiger partial charge on any atom is 0.244 e. The standard InChI is InChI=1S/C21H24FN5O3/c1-14-11-15(2)27(24-14)13-20(28)26-9-7-16(12-26)21-23-19(25-30-21)8-10-29-18-5-3-17(22)4-6-18/h3-6,11,16H,7-10,12-13H2,1-2H3. The van der Waals surface area contributed by atoms with Crippen LogP contribution >= 0.6 is 0 Å². The summed E-state index contributed by atoms with van der Waals surface area (Å²) in [7, 11) is 0. The van der Waals surface area contributed by atoms with Crippen molar-refractivity contribution in [2.24, 2.45) is 0 Å². The number of benzene rings is 1. The topological polar surface area (TPSA) is 86.3 Å². The van der Waals surface area contributed by atoms with E-state index in [0.717, 1.165) is 17.8 Å². The van der Waals surface area contributed by atoms with Crippen molar-refractivity contribution in [2.75, 3.05) is 19.7 Å². The highest BCUT2D eigenvalue weighted by molar-refractivity contribution is 5.76. The van der Waals surface area contributed by atoms with Gasteiger partial charge in [-0.25, -0.2) is 4.39 Å². The molecule has 1 amide bonds. The molecule has 1 aliphatic rings. The number of nitrogens with zero attached hydrogens (tertiary/aromatic N) is 5. The molecule has 1 aliphatic heterocycles. The van der Waals surface area contributed by atoms with Gasteiger partial charge in [-0.1, -0.05) is 5.16 Å². The highest BCUT2D eigenvalue weighted by atomic mass is 19.1. The molecule has 3 aromatic rings. The number of hydrogen-bond acceptors (Lipinski definition) is 6. The zero-order valence-electron chi connectivity index (χ0n) is 17.0. The molecule has 2 aromatic heterocycles. The molecule has 1 unspecified atom stereocenters. The van der Waals surface area contributed by atoms with Crippen LogP contribution in [0.1, 0.15) is 35.4 Å². The van der Waals surface area contributed by atoms with Crippen LogP contribution in [0.15, 0.2) is 34.9 Å². The second-order valence-corrected chi connectivity index (χ2v) is 7.51. The molecule has 9 heteroatoms. The minimum atomic E-state index is -0.302. The first-order valence-corrected chi connectivity index (χ1v) is 9.97. The summed E-state index contributed by atoms with van der Waals surface area (Å²) in [5.74, 6) is 1.47. The van der Waals surface area contributed by atoms with Gasteiger partial charge in [0.1, 0.15) is 18.1 Å². The van der Waals surface area contributed by atoms with Crippen molar-refractivity contribution in [3.63, 3.8) is 0 Å². The molecule has 0 radical (unpaired) electrons. The molecule has 0 spiro atoms. The van der Waals surface area contributed by atoms with Gasteiger partial charge < -0.3 is 14.2 Å². The Hall–Kier alpha value is -3.23. The van der Waals surface area contributed by atoms with Crippen LogP contribution in [0, 0.1) is 19.7 Å². The Morgan fingerprint density at radius 3 is 2.83 bits per heavy atom. The largest absolute Gasteiger partial charge is 0.493 e. The van der Waals surface area contributed by atoms with Gasteiger partial charge in [0.2, 0.25) is 11.8 Å². The zero-order valence-corrected chi connectivity index (χ0v) is 17.0. The number of aryl methyl sites for hydroxylation is 2. The second kappa shape index (κ2) is 8.64. The van der Waals surface area contributed by atoms with Crippen LogP contribution in [0.4, 0.5) is 4.39 Å². The highest BCUT2D eigenvalue weighted by Gasteiger charge is 2.31. The average molecular weight is 413 g/mol. The summed E-state index contributed by atoms with van der Waals surface area (Å²) in [6.45, 7) is 5.68. The number of rotatable bonds is 7. The summed E-state index contributed by atoms with van der Waals surface area (Å²) in [5, 5.41) is 8.37. The van der Waals surface area contributed by atoms with E-state index >= 15 is 0 Å². The van der Waals surface area contributed by atoms with Crippen molar-refractivity contribution in [1.82, 2.24) is 24.8 Å². The summed E-state index contributed by atoms with van der Waals surface area (Å²) in [6, 6.07) is 7.81. The lowest BCUT2D eigenvalue weighted by atomic mass is 10.1. The SMILES string of the molecule is Cc1cc(C)n(CC(=O)N2CCC(c3nc(CCOc4ccc(F)cc4)no3)C2)n1. The number of aromatic nitrogens is 4. The molecule has 1 saturated heterocycles. The lowest BCUT2D eigenvalue weighted by Crippen LogP contribution is -2.32. The molecule has 8 nitrogen and oxygen atoms in total. The van der Waals surface area contributed by atoms with Gasteiger partial charge in [0.15, 0.2) is 5.82 Å². The quantitative estimate of drug-likeness (QED) is 0.592. The molecule has 4 rings (SSSR count). The predicted octanol–water partition coefficient (Wildman–Crippen LogP) is 2.66. The van der Waals surface area contributed by atoms with E-state index < -0.39 is 0 Å². The first-order chi connectivity index (χ1) is 14.5. The van der Waals surface area contributed by atoms with Gasteiger partial charge >= 0.3 is 0 Å². The predicted molar refractivity (Wildman–Crippen MR) is 106 cm³/mol. The summed E-state index contributed by atoms with van der Waals surface area (Å²) in [4.78, 5) is 18.9. The van der Waals surface area contributed by atoms with Crippen molar-refractivity contribution in [2.45, 2.75) is 39.2 Å². The monoisotopic (exact) mass is 413 g/mol. The zero-order chi connectivity index (χ0) is 21.1. The van der Waals surface area contributed by atoms with Crippen molar-refractivity contribution in [3.05, 3.63) is 59.3 Å². The van der Waals surface area contributed by atoms with Gasteiger partial charge in [-0.15, -0.1) is 0 Å². The number of halogens is 1. The molecule has 30 heavy (non-hydrogen) atoms. The second-order valence-electron chi connectivity index (χ2n) is 7.51. The first-order valence-electron chi connectivity index (χ1n) is 9.97. The maximum atomic E-state index is 12.9. The lowest BCUT2D eigenvalue weighted by Gasteiger charge is -2.16. The van der Waals surface area contributed by atoms with E-state index in [-0.39, 0.29) is 24.2 Å². The Bertz CT molecular complexity index is 1010. The third-order valence-electron chi connectivity index (χ3n) is 5.17. The Morgan fingerprint density at radius 1 is 1.30 bits per heavy atom. The minimum Gasteiger partial charge on any atom is -0.493 e. The van der Waals surface area contributed by atoms with Gasteiger partial charge in [0.05, 0.1) is 18.2 Å².